The molecule has 0 fully saturated rings. The molecule has 3 amide bonds. The van der Waals surface area contributed by atoms with Crippen molar-refractivity contribution in [3.8, 4) is 5.75 Å². The van der Waals surface area contributed by atoms with Crippen LogP contribution in [0.15, 0.2) is 28.7 Å². The van der Waals surface area contributed by atoms with Gasteiger partial charge in [-0.15, -0.1) is 0 Å². The molecule has 4 rings (SSSR count). The summed E-state index contributed by atoms with van der Waals surface area (Å²) < 4.78 is 11.0. The Morgan fingerprint density at radius 2 is 1.61 bits per heavy atom. The first-order chi connectivity index (χ1) is 23.5. The number of allylic oxidation sites excluding steroid dienone is 1. The second-order valence-corrected chi connectivity index (χ2v) is 14.4. The summed E-state index contributed by atoms with van der Waals surface area (Å²) in [7, 11) is 6.52. The lowest BCUT2D eigenvalue weighted by atomic mass is 9.58. The van der Waals surface area contributed by atoms with Gasteiger partial charge in [0.05, 0.1) is 23.8 Å². The Kier molecular flexibility index (Phi) is 10.7. The normalized spacial score (nSPS) is 22.9. The SMILES string of the molecule is CC(=O)NC(=O)C1=C(OC(C)=O)[C@@H](N(C)C)[C@@H]2C[C@@H]3Cc4c(N(C)C)cc(NC(=O)CNC(C)(C)C)c(OC(C)=O)c4C(=O)C3=C(O)[C@]2(O)C1=O. The topological polar surface area (TPSA) is 221 Å². The van der Waals surface area contributed by atoms with Crippen molar-refractivity contribution in [1.82, 2.24) is 15.5 Å². The molecule has 5 N–H and O–H groups in total. The molecule has 0 aromatic heterocycles. The molecule has 0 saturated carbocycles. The Morgan fingerprint density at radius 3 is 2.12 bits per heavy atom. The molecule has 0 heterocycles. The number of esters is 2. The van der Waals surface area contributed by atoms with E-state index in [1.807, 2.05) is 26.1 Å². The fourth-order valence-electron chi connectivity index (χ4n) is 7.01. The van der Waals surface area contributed by atoms with Crippen molar-refractivity contribution in [2.24, 2.45) is 11.8 Å². The lowest BCUT2D eigenvalue weighted by Gasteiger charge is -2.50. The van der Waals surface area contributed by atoms with E-state index in [0.29, 0.717) is 11.3 Å². The van der Waals surface area contributed by atoms with E-state index in [4.69, 9.17) is 9.47 Å². The molecule has 16 heteroatoms. The van der Waals surface area contributed by atoms with Crippen LogP contribution in [0.4, 0.5) is 11.4 Å². The average molecular weight is 712 g/mol. The summed E-state index contributed by atoms with van der Waals surface area (Å²) in [5.74, 6) is -10.4. The lowest BCUT2D eigenvalue weighted by molar-refractivity contribution is -0.152. The lowest BCUT2D eigenvalue weighted by Crippen LogP contribution is -2.64. The fraction of sp³-hybridized carbons (Fsp3) is 0.514. The highest BCUT2D eigenvalue weighted by Gasteiger charge is 2.64. The molecular weight excluding hydrogens is 666 g/mol. The summed E-state index contributed by atoms with van der Waals surface area (Å²) in [6, 6.07) is 0.398. The van der Waals surface area contributed by atoms with Gasteiger partial charge in [-0.2, -0.15) is 0 Å². The van der Waals surface area contributed by atoms with Crippen LogP contribution in [0.5, 0.6) is 5.75 Å². The van der Waals surface area contributed by atoms with Gasteiger partial charge in [0.2, 0.25) is 17.6 Å². The van der Waals surface area contributed by atoms with Crippen LogP contribution in [0.3, 0.4) is 0 Å². The number of rotatable bonds is 8. The molecule has 0 saturated heterocycles. The van der Waals surface area contributed by atoms with Gasteiger partial charge in [0.1, 0.15) is 17.1 Å². The summed E-state index contributed by atoms with van der Waals surface area (Å²) in [5, 5.41) is 31.9. The first-order valence-electron chi connectivity index (χ1n) is 16.3. The van der Waals surface area contributed by atoms with Crippen molar-refractivity contribution in [3.05, 3.63) is 39.9 Å². The number of nitrogens with one attached hydrogen (secondary N) is 3. The number of benzene rings is 1. The number of imide groups is 1. The number of nitrogens with zero attached hydrogens (tertiary/aromatic N) is 2. The molecule has 3 aliphatic rings. The molecule has 276 valence electrons. The van der Waals surface area contributed by atoms with Crippen LogP contribution in [0.1, 0.15) is 63.9 Å². The van der Waals surface area contributed by atoms with Crippen molar-refractivity contribution >= 4 is 52.6 Å². The van der Waals surface area contributed by atoms with Crippen LogP contribution in [-0.4, -0.2) is 108 Å². The second kappa shape index (κ2) is 14.0. The predicted octanol–water partition coefficient (Wildman–Crippen LogP) is 0.915. The number of aliphatic hydroxyl groups excluding tert-OH is 1. The van der Waals surface area contributed by atoms with Crippen LogP contribution in [0, 0.1) is 11.8 Å². The van der Waals surface area contributed by atoms with Gasteiger partial charge in [0, 0.05) is 57.6 Å². The largest absolute Gasteiger partial charge is 0.508 e. The highest BCUT2D eigenvalue weighted by atomic mass is 16.5. The van der Waals surface area contributed by atoms with Gasteiger partial charge in [-0.1, -0.05) is 0 Å². The van der Waals surface area contributed by atoms with E-state index in [0.717, 1.165) is 20.8 Å². The van der Waals surface area contributed by atoms with E-state index >= 15 is 0 Å². The third kappa shape index (κ3) is 7.29. The Labute approximate surface area is 295 Å². The summed E-state index contributed by atoms with van der Waals surface area (Å²) in [5.41, 5.74) is -3.81. The van der Waals surface area contributed by atoms with Gasteiger partial charge in [0.25, 0.3) is 5.91 Å². The average Bonchev–Trinajstić information content (AvgIpc) is 2.97. The molecular formula is C35H45N5O11. The number of hydrogen-bond acceptors (Lipinski definition) is 14. The van der Waals surface area contributed by atoms with Crippen LogP contribution < -0.4 is 25.6 Å². The van der Waals surface area contributed by atoms with Crippen molar-refractivity contribution in [1.29, 1.82) is 0 Å². The minimum Gasteiger partial charge on any atom is -0.508 e. The first kappa shape index (κ1) is 38.9. The molecule has 51 heavy (non-hydrogen) atoms. The number of Topliss-reactive ketones (excluding diaryl/α,β-unsaturated/α-hetero) is 2. The number of carbonyl (C=O) groups excluding carboxylic acids is 7. The molecule has 16 nitrogen and oxygen atoms in total. The number of aliphatic hydroxyl groups is 2. The molecule has 1 aromatic rings. The zero-order valence-corrected chi connectivity index (χ0v) is 30.4. The van der Waals surface area contributed by atoms with Gasteiger partial charge in [-0.05, 0) is 65.3 Å². The number of hydrogen-bond donors (Lipinski definition) is 5. The molecule has 0 radical (unpaired) electrons. The number of ether oxygens (including phenoxy) is 2. The fourth-order valence-corrected chi connectivity index (χ4v) is 7.01. The molecule has 0 spiro atoms. The smallest absolute Gasteiger partial charge is 0.308 e. The standard InChI is InChI=1S/C35H45N5O11/c1-15(41)37-33(48)26-30(51-17(3)43)27(40(9)10)20-12-18-11-19-22(39(7)8)13-21(38-23(44)14-36-34(4,5)6)29(50-16(2)42)25(19)28(45)24(18)31(46)35(20,49)32(26)47/h13,18,20,27,36,46,49H,11-12,14H2,1-10H3,(H,38,44)(H,37,41,48)/t18-,20-,27-,35-/m0/s1. The summed E-state index contributed by atoms with van der Waals surface area (Å²) in [6.07, 6.45) is -0.0674. The minimum absolute atomic E-state index is 0.00814. The van der Waals surface area contributed by atoms with Crippen molar-refractivity contribution in [2.45, 2.75) is 71.6 Å². The molecule has 0 unspecified atom stereocenters. The van der Waals surface area contributed by atoms with Crippen molar-refractivity contribution in [3.63, 3.8) is 0 Å². The highest BCUT2D eigenvalue weighted by Crippen LogP contribution is 2.54. The maximum Gasteiger partial charge on any atom is 0.308 e. The Bertz CT molecular complexity index is 1800. The predicted molar refractivity (Wildman–Crippen MR) is 183 cm³/mol. The summed E-state index contributed by atoms with van der Waals surface area (Å²) in [4.78, 5) is 95.0. The zero-order valence-electron chi connectivity index (χ0n) is 30.4. The molecule has 1 aromatic carbocycles. The monoisotopic (exact) mass is 711 g/mol. The Balaban J connectivity index is 1.98. The van der Waals surface area contributed by atoms with Crippen LogP contribution in [0.2, 0.25) is 0 Å². The third-order valence-corrected chi connectivity index (χ3v) is 8.96. The van der Waals surface area contributed by atoms with Crippen LogP contribution in [-0.2, 0) is 39.9 Å². The second-order valence-electron chi connectivity index (χ2n) is 14.4. The van der Waals surface area contributed by atoms with Gasteiger partial charge in [-0.3, -0.25) is 43.8 Å². The van der Waals surface area contributed by atoms with Gasteiger partial charge >= 0.3 is 11.9 Å². The number of anilines is 2. The minimum atomic E-state index is -2.89. The number of ketones is 2. The molecule has 0 aliphatic heterocycles. The number of likely N-dealkylation sites (N-methyl/N-ethyl adjacent to an activating group) is 1. The Hall–Kier alpha value is -4.93. The van der Waals surface area contributed by atoms with Gasteiger partial charge in [0.15, 0.2) is 17.1 Å². The molecule has 0 bridgehead atoms. The van der Waals surface area contributed by atoms with Crippen molar-refractivity contribution in [2.75, 3.05) is 45.0 Å². The zero-order chi connectivity index (χ0) is 38.5. The molecule has 4 atom stereocenters. The first-order valence-corrected chi connectivity index (χ1v) is 16.3. The van der Waals surface area contributed by atoms with E-state index in [1.165, 1.54) is 4.90 Å². The van der Waals surface area contributed by atoms with E-state index in [1.54, 1.807) is 39.2 Å². The summed E-state index contributed by atoms with van der Waals surface area (Å²) in [6.45, 7) is 8.67. The van der Waals surface area contributed by atoms with Crippen molar-refractivity contribution < 1.29 is 53.2 Å². The van der Waals surface area contributed by atoms with E-state index in [2.05, 4.69) is 10.6 Å². The highest BCUT2D eigenvalue weighted by molar-refractivity contribution is 6.27. The third-order valence-electron chi connectivity index (χ3n) is 8.96. The number of amides is 3. The van der Waals surface area contributed by atoms with Gasteiger partial charge in [-0.25, -0.2) is 0 Å². The van der Waals surface area contributed by atoms with E-state index in [9.17, 15) is 43.8 Å². The molecule has 3 aliphatic carbocycles. The van der Waals surface area contributed by atoms with E-state index < -0.39 is 87.3 Å². The Morgan fingerprint density at radius 1 is 1.00 bits per heavy atom. The van der Waals surface area contributed by atoms with Crippen LogP contribution >= 0.6 is 0 Å². The quantitative estimate of drug-likeness (QED) is 0.144. The number of carbonyl (C=O) groups is 7. The maximum absolute atomic E-state index is 14.7. The number of fused-ring (bicyclic) bond motifs is 3. The van der Waals surface area contributed by atoms with Gasteiger partial charge < -0.3 is 35.2 Å². The summed E-state index contributed by atoms with van der Waals surface area (Å²) >= 11 is 0. The van der Waals surface area contributed by atoms with E-state index in [-0.39, 0.29) is 42.0 Å². The maximum atomic E-state index is 14.7. The van der Waals surface area contributed by atoms with Crippen LogP contribution in [0.25, 0.3) is 0 Å².